The highest BCUT2D eigenvalue weighted by Crippen LogP contribution is 2.24. The number of aromatic nitrogens is 1. The molecule has 0 aliphatic carbocycles. The summed E-state index contributed by atoms with van der Waals surface area (Å²) in [6.45, 7) is 0. The van der Waals surface area contributed by atoms with Gasteiger partial charge in [-0.25, -0.2) is 4.79 Å². The van der Waals surface area contributed by atoms with Gasteiger partial charge in [-0.3, -0.25) is 4.79 Å². The van der Waals surface area contributed by atoms with Crippen molar-refractivity contribution in [2.75, 3.05) is 5.32 Å². The highest BCUT2D eigenvalue weighted by molar-refractivity contribution is 6.37. The molecule has 0 atom stereocenters. The van der Waals surface area contributed by atoms with Crippen LogP contribution in [0.5, 0.6) is 0 Å². The molecule has 2 rings (SSSR count). The molecule has 0 spiro atoms. The van der Waals surface area contributed by atoms with Crippen molar-refractivity contribution in [3.63, 3.8) is 0 Å². The molecule has 0 aliphatic rings. The number of nitrogens with one attached hydrogen (secondary N) is 2. The third kappa shape index (κ3) is 1.88. The molecule has 1 aromatic heterocycles. The van der Waals surface area contributed by atoms with E-state index in [2.05, 4.69) is 4.98 Å². The van der Waals surface area contributed by atoms with Crippen LogP contribution in [0.2, 0.25) is 0 Å². The van der Waals surface area contributed by atoms with Crippen molar-refractivity contribution in [2.24, 2.45) is 0 Å². The first-order valence-corrected chi connectivity index (χ1v) is 4.86. The Kier molecular flexibility index (Phi) is 2.72. The number of carbonyl (C=O) groups excluding carboxylic acids is 2. The number of fused-ring (bicyclic) bond motifs is 1. The van der Waals surface area contributed by atoms with Gasteiger partial charge in [-0.05, 0) is 12.1 Å². The Morgan fingerprint density at radius 3 is 2.56 bits per heavy atom. The first-order chi connectivity index (χ1) is 8.50. The minimum atomic E-state index is -1.70. The molecule has 2 aromatic rings. The average molecular weight is 247 g/mol. The van der Waals surface area contributed by atoms with E-state index in [0.717, 1.165) is 0 Å². The van der Waals surface area contributed by atoms with E-state index in [9.17, 15) is 19.5 Å². The van der Waals surface area contributed by atoms with Gasteiger partial charge in [0.15, 0.2) is 0 Å². The van der Waals surface area contributed by atoms with E-state index in [0.29, 0.717) is 5.39 Å². The molecule has 3 N–H and O–H groups in total. The zero-order valence-corrected chi connectivity index (χ0v) is 8.89. The summed E-state index contributed by atoms with van der Waals surface area (Å²) in [6.07, 6.45) is 1.53. The van der Waals surface area contributed by atoms with E-state index in [1.807, 2.05) is 5.32 Å². The molecular weight excluding hydrogens is 240 g/mol. The predicted octanol–water partition coefficient (Wildman–Crippen LogP) is -0.446. The summed E-state index contributed by atoms with van der Waals surface area (Å²) in [6, 6.07) is 4.50. The fourth-order valence-electron chi connectivity index (χ4n) is 1.62. The molecule has 0 saturated heterocycles. The van der Waals surface area contributed by atoms with E-state index >= 15 is 0 Å². The lowest BCUT2D eigenvalue weighted by atomic mass is 10.1. The Morgan fingerprint density at radius 1 is 1.22 bits per heavy atom. The second-order valence-corrected chi connectivity index (χ2v) is 3.48. The lowest BCUT2D eigenvalue weighted by Gasteiger charge is -2.11. The number of amides is 1. The van der Waals surface area contributed by atoms with Crippen molar-refractivity contribution in [2.45, 2.75) is 0 Å². The van der Waals surface area contributed by atoms with Gasteiger partial charge in [0.1, 0.15) is 0 Å². The van der Waals surface area contributed by atoms with Gasteiger partial charge in [-0.1, -0.05) is 6.07 Å². The van der Waals surface area contributed by atoms with Crippen LogP contribution >= 0.6 is 0 Å². The van der Waals surface area contributed by atoms with Gasteiger partial charge in [-0.2, -0.15) is 0 Å². The van der Waals surface area contributed by atoms with Crippen LogP contribution in [0, 0.1) is 0 Å². The molecule has 1 aromatic carbocycles. The van der Waals surface area contributed by atoms with Crippen LogP contribution in [0.4, 0.5) is 5.69 Å². The molecule has 0 unspecified atom stereocenters. The van der Waals surface area contributed by atoms with Crippen molar-refractivity contribution in [1.82, 2.24) is 4.98 Å². The number of anilines is 1. The minimum absolute atomic E-state index is 0.127. The Bertz CT molecular complexity index is 658. The largest absolute Gasteiger partial charge is 0.545 e. The average Bonchev–Trinajstić information content (AvgIpc) is 2.75. The van der Waals surface area contributed by atoms with Crippen molar-refractivity contribution in [3.8, 4) is 0 Å². The molecular formula is C11H7N2O5-. The van der Waals surface area contributed by atoms with Crippen molar-refractivity contribution < 1.29 is 24.6 Å². The molecule has 0 bridgehead atoms. The smallest absolute Gasteiger partial charge is 0.394 e. The van der Waals surface area contributed by atoms with Gasteiger partial charge >= 0.3 is 11.9 Å². The van der Waals surface area contributed by atoms with Gasteiger partial charge in [0.25, 0.3) is 0 Å². The Morgan fingerprint density at radius 2 is 1.94 bits per heavy atom. The number of carboxylic acids is 2. The SMILES string of the molecule is O=C(O)C(=O)Nc1ccc2cc[nH]c2c1C(=O)[O-]. The van der Waals surface area contributed by atoms with Gasteiger partial charge in [0.05, 0.1) is 17.2 Å². The molecule has 0 saturated carbocycles. The number of carbonyl (C=O) groups is 3. The second kappa shape index (κ2) is 4.21. The molecule has 1 heterocycles. The number of aromatic carboxylic acids is 1. The van der Waals surface area contributed by atoms with E-state index in [4.69, 9.17) is 5.11 Å². The van der Waals surface area contributed by atoms with Crippen LogP contribution in [-0.4, -0.2) is 27.9 Å². The molecule has 0 fully saturated rings. The fraction of sp³-hybridized carbons (Fsp3) is 0. The number of rotatable bonds is 2. The number of aromatic amines is 1. The highest BCUT2D eigenvalue weighted by Gasteiger charge is 2.16. The summed E-state index contributed by atoms with van der Waals surface area (Å²) in [5, 5.41) is 22.1. The molecule has 0 aliphatic heterocycles. The zero-order chi connectivity index (χ0) is 13.3. The summed E-state index contributed by atoms with van der Waals surface area (Å²) < 4.78 is 0. The number of H-pyrrole nitrogens is 1. The minimum Gasteiger partial charge on any atom is -0.545 e. The standard InChI is InChI=1S/C11H8N2O5/c14-9(11(17)18)13-6-2-1-5-3-4-12-8(5)7(6)10(15)16/h1-4,12H,(H,13,14)(H,15,16)(H,17,18)/p-1. The monoisotopic (exact) mass is 247 g/mol. The number of aliphatic carboxylic acids is 1. The maximum Gasteiger partial charge on any atom is 0.394 e. The predicted molar refractivity (Wildman–Crippen MR) is 58.9 cm³/mol. The van der Waals surface area contributed by atoms with Crippen molar-refractivity contribution in [3.05, 3.63) is 30.0 Å². The van der Waals surface area contributed by atoms with Crippen LogP contribution in [-0.2, 0) is 9.59 Å². The number of hydrogen-bond donors (Lipinski definition) is 3. The Hall–Kier alpha value is -2.83. The van der Waals surface area contributed by atoms with Crippen LogP contribution in [0.3, 0.4) is 0 Å². The van der Waals surface area contributed by atoms with E-state index in [1.165, 1.54) is 12.3 Å². The number of hydrogen-bond acceptors (Lipinski definition) is 4. The normalized spacial score (nSPS) is 10.2. The molecule has 0 radical (unpaired) electrons. The van der Waals surface area contributed by atoms with Gasteiger partial charge < -0.3 is 25.3 Å². The summed E-state index contributed by atoms with van der Waals surface area (Å²) >= 11 is 0. The molecule has 7 nitrogen and oxygen atoms in total. The summed E-state index contributed by atoms with van der Waals surface area (Å²) in [5.74, 6) is -4.53. The lowest BCUT2D eigenvalue weighted by molar-refractivity contribution is -0.254. The Labute approximate surface area is 100 Å². The topological polar surface area (TPSA) is 122 Å². The number of benzene rings is 1. The first kappa shape index (κ1) is 11.6. The van der Waals surface area contributed by atoms with E-state index < -0.39 is 17.8 Å². The lowest BCUT2D eigenvalue weighted by Crippen LogP contribution is -2.27. The molecule has 92 valence electrons. The maximum atomic E-state index is 11.1. The van der Waals surface area contributed by atoms with E-state index in [1.54, 1.807) is 12.1 Å². The quantitative estimate of drug-likeness (QED) is 0.620. The summed E-state index contributed by atoms with van der Waals surface area (Å²) in [5.41, 5.74) is -0.150. The third-order valence-electron chi connectivity index (χ3n) is 2.37. The van der Waals surface area contributed by atoms with Crippen LogP contribution in [0.15, 0.2) is 24.4 Å². The maximum absolute atomic E-state index is 11.1. The molecule has 18 heavy (non-hydrogen) atoms. The van der Waals surface area contributed by atoms with Gasteiger partial charge in [-0.15, -0.1) is 0 Å². The van der Waals surface area contributed by atoms with Gasteiger partial charge in [0.2, 0.25) is 0 Å². The van der Waals surface area contributed by atoms with Crippen LogP contribution in [0.25, 0.3) is 10.9 Å². The van der Waals surface area contributed by atoms with Crippen molar-refractivity contribution >= 4 is 34.4 Å². The second-order valence-electron chi connectivity index (χ2n) is 3.48. The van der Waals surface area contributed by atoms with Crippen molar-refractivity contribution in [1.29, 1.82) is 0 Å². The Balaban J connectivity index is 2.56. The molecule has 7 heteroatoms. The fourth-order valence-corrected chi connectivity index (χ4v) is 1.62. The van der Waals surface area contributed by atoms with Gasteiger partial charge in [0, 0.05) is 17.1 Å². The van der Waals surface area contributed by atoms with Crippen LogP contribution in [0.1, 0.15) is 10.4 Å². The summed E-state index contributed by atoms with van der Waals surface area (Å²) in [4.78, 5) is 35.2. The zero-order valence-electron chi connectivity index (χ0n) is 8.89. The summed E-state index contributed by atoms with van der Waals surface area (Å²) in [7, 11) is 0. The molecule has 1 amide bonds. The third-order valence-corrected chi connectivity index (χ3v) is 2.37. The first-order valence-electron chi connectivity index (χ1n) is 4.86. The van der Waals surface area contributed by atoms with Crippen LogP contribution < -0.4 is 10.4 Å². The van der Waals surface area contributed by atoms with E-state index in [-0.39, 0.29) is 16.8 Å². The number of carboxylic acid groups (broad SMARTS) is 2. The highest BCUT2D eigenvalue weighted by atomic mass is 16.4.